The zero-order chi connectivity index (χ0) is 22.6. The lowest BCUT2D eigenvalue weighted by Gasteiger charge is -2.56. The first-order valence-corrected chi connectivity index (χ1v) is 10.7. The Labute approximate surface area is 177 Å². The molecular weight excluding hydrogens is 432 g/mol. The van der Waals surface area contributed by atoms with Crippen LogP contribution >= 0.6 is 10.8 Å². The molecule has 1 aromatic heterocycles. The fourth-order valence-corrected chi connectivity index (χ4v) is 5.90. The normalized spacial score (nSPS) is 25.6. The molecule has 0 bridgehead atoms. The number of carbonyl (C=O) groups is 2. The van der Waals surface area contributed by atoms with Gasteiger partial charge in [-0.1, -0.05) is 0 Å². The Balaban J connectivity index is 1.73. The maximum atomic E-state index is 14.9. The number of aromatic nitrogens is 1. The molecule has 9 nitrogen and oxygen atoms in total. The van der Waals surface area contributed by atoms with Crippen LogP contribution in [0.5, 0.6) is 0 Å². The van der Waals surface area contributed by atoms with Crippen molar-refractivity contribution in [3.8, 4) is 0 Å². The van der Waals surface area contributed by atoms with Crippen LogP contribution < -0.4 is 10.6 Å². The summed E-state index contributed by atoms with van der Waals surface area (Å²) in [7, 11) is -2.30. The number of rotatable bonds is 3. The quantitative estimate of drug-likeness (QED) is 0.484. The third kappa shape index (κ3) is 3.42. The van der Waals surface area contributed by atoms with Gasteiger partial charge >= 0.3 is 0 Å². The van der Waals surface area contributed by atoms with E-state index in [4.69, 9.17) is 5.41 Å². The second-order valence-corrected chi connectivity index (χ2v) is 9.66. The van der Waals surface area contributed by atoms with Crippen LogP contribution in [0.25, 0.3) is 0 Å². The SMILES string of the molecule is CN1C(=N)NC2(c3cc(NC(=O)c4ccc(F)cn4)ccc3F)CC(=O)CC2S1(O)O. The molecule has 31 heavy (non-hydrogen) atoms. The summed E-state index contributed by atoms with van der Waals surface area (Å²) in [5.41, 5.74) is -1.54. The number of ketones is 1. The highest BCUT2D eigenvalue weighted by Gasteiger charge is 2.60. The van der Waals surface area contributed by atoms with E-state index >= 15 is 0 Å². The second kappa shape index (κ2) is 7.25. The standard InChI is InChI=1S/C19H19F2N5O4S/c1-26-18(22)25-19(8-12(27)7-16(19)31(26,29)30)13-6-11(3-4-14(13)21)24-17(28)15-5-2-10(20)9-23-15/h2-6,9,16,29-30H,7-8H2,1H3,(H2,22,25)(H,24,28). The minimum absolute atomic E-state index is 0.0623. The van der Waals surface area contributed by atoms with E-state index in [2.05, 4.69) is 15.6 Å². The van der Waals surface area contributed by atoms with Gasteiger partial charge in [-0.3, -0.25) is 24.1 Å². The number of benzene rings is 1. The number of carbonyl (C=O) groups excluding carboxylic acids is 2. The summed E-state index contributed by atoms with van der Waals surface area (Å²) in [5.74, 6) is -2.69. The van der Waals surface area contributed by atoms with Gasteiger partial charge in [-0.15, -0.1) is 10.8 Å². The molecule has 2 unspecified atom stereocenters. The van der Waals surface area contributed by atoms with Gasteiger partial charge in [0.1, 0.15) is 28.4 Å². The van der Waals surface area contributed by atoms with Crippen LogP contribution in [0.1, 0.15) is 28.9 Å². The van der Waals surface area contributed by atoms with E-state index in [1.54, 1.807) is 0 Å². The third-order valence-corrected chi connectivity index (χ3v) is 7.87. The number of halogens is 2. The number of pyridine rings is 1. The first-order valence-electron chi connectivity index (χ1n) is 9.17. The van der Waals surface area contributed by atoms with Crippen molar-refractivity contribution in [3.05, 3.63) is 59.4 Å². The number of hydrogen-bond acceptors (Lipinski definition) is 6. The van der Waals surface area contributed by atoms with E-state index in [9.17, 15) is 27.5 Å². The Morgan fingerprint density at radius 2 is 2.10 bits per heavy atom. The van der Waals surface area contributed by atoms with E-state index < -0.39 is 39.1 Å². The largest absolute Gasteiger partial charge is 0.343 e. The molecule has 1 aliphatic carbocycles. The van der Waals surface area contributed by atoms with Crippen molar-refractivity contribution < 1.29 is 27.5 Å². The fraction of sp³-hybridized carbons (Fsp3) is 0.263. The van der Waals surface area contributed by atoms with Gasteiger partial charge in [-0.25, -0.2) is 18.1 Å². The zero-order valence-corrected chi connectivity index (χ0v) is 17.0. The van der Waals surface area contributed by atoms with E-state index in [-0.39, 0.29) is 41.5 Å². The van der Waals surface area contributed by atoms with Crippen molar-refractivity contribution in [2.75, 3.05) is 12.4 Å². The smallest absolute Gasteiger partial charge is 0.274 e. The van der Waals surface area contributed by atoms with E-state index in [1.165, 1.54) is 25.2 Å². The van der Waals surface area contributed by atoms with Crippen molar-refractivity contribution in [2.45, 2.75) is 23.6 Å². The highest BCUT2D eigenvalue weighted by Crippen LogP contribution is 2.61. The minimum Gasteiger partial charge on any atom is -0.343 e. The minimum atomic E-state index is -3.60. The maximum Gasteiger partial charge on any atom is 0.274 e. The first kappa shape index (κ1) is 21.2. The monoisotopic (exact) mass is 451 g/mol. The summed E-state index contributed by atoms with van der Waals surface area (Å²) in [5, 5.41) is 12.3. The molecule has 2 atom stereocenters. The zero-order valence-electron chi connectivity index (χ0n) is 16.2. The predicted octanol–water partition coefficient (Wildman–Crippen LogP) is 2.67. The molecule has 1 aliphatic heterocycles. The van der Waals surface area contributed by atoms with Crippen molar-refractivity contribution in [1.82, 2.24) is 14.6 Å². The van der Waals surface area contributed by atoms with Gasteiger partial charge in [-0.05, 0) is 30.3 Å². The number of fused-ring (bicyclic) bond motifs is 1. The molecule has 2 heterocycles. The van der Waals surface area contributed by atoms with E-state index in [0.29, 0.717) is 0 Å². The summed E-state index contributed by atoms with van der Waals surface area (Å²) in [6.07, 6.45) is 0.428. The van der Waals surface area contributed by atoms with Crippen LogP contribution in [0.2, 0.25) is 0 Å². The van der Waals surface area contributed by atoms with Crippen molar-refractivity contribution in [3.63, 3.8) is 0 Å². The lowest BCUT2D eigenvalue weighted by Crippen LogP contribution is -2.63. The van der Waals surface area contributed by atoms with Gasteiger partial charge in [0.15, 0.2) is 0 Å². The van der Waals surface area contributed by atoms with Crippen LogP contribution in [-0.4, -0.2) is 48.3 Å². The molecule has 1 aromatic carbocycles. The Hall–Kier alpha value is -3.09. The van der Waals surface area contributed by atoms with Gasteiger partial charge in [0.2, 0.25) is 5.96 Å². The van der Waals surface area contributed by atoms with E-state index in [0.717, 1.165) is 22.6 Å². The highest BCUT2D eigenvalue weighted by atomic mass is 32.3. The predicted molar refractivity (Wildman–Crippen MR) is 110 cm³/mol. The van der Waals surface area contributed by atoms with Crippen LogP contribution in [0.15, 0.2) is 36.5 Å². The lowest BCUT2D eigenvalue weighted by atomic mass is 9.86. The summed E-state index contributed by atoms with van der Waals surface area (Å²) in [6.45, 7) is 0. The molecule has 2 aromatic rings. The Morgan fingerprint density at radius 1 is 1.35 bits per heavy atom. The fourth-order valence-electron chi connectivity index (χ4n) is 3.99. The topological polar surface area (TPSA) is 139 Å². The van der Waals surface area contributed by atoms with E-state index in [1.807, 2.05) is 0 Å². The Morgan fingerprint density at radius 3 is 2.77 bits per heavy atom. The Kier molecular flexibility index (Phi) is 4.95. The van der Waals surface area contributed by atoms with Gasteiger partial charge < -0.3 is 10.6 Å². The number of nitrogens with one attached hydrogen (secondary N) is 3. The summed E-state index contributed by atoms with van der Waals surface area (Å²) >= 11 is 0. The number of amides is 1. The van der Waals surface area contributed by atoms with Gasteiger partial charge in [-0.2, -0.15) is 0 Å². The van der Waals surface area contributed by atoms with Gasteiger partial charge in [0.25, 0.3) is 5.91 Å². The number of Topliss-reactive ketones (excluding diaryl/α,β-unsaturated/α-hetero) is 1. The van der Waals surface area contributed by atoms with Gasteiger partial charge in [0, 0.05) is 31.1 Å². The van der Waals surface area contributed by atoms with Crippen molar-refractivity contribution in [1.29, 1.82) is 5.41 Å². The average molecular weight is 451 g/mol. The molecule has 12 heteroatoms. The molecule has 1 saturated carbocycles. The number of anilines is 1. The molecule has 0 radical (unpaired) electrons. The number of guanidine groups is 1. The van der Waals surface area contributed by atoms with Crippen LogP contribution in [0.3, 0.4) is 0 Å². The third-order valence-electron chi connectivity index (χ3n) is 5.54. The van der Waals surface area contributed by atoms with Crippen LogP contribution in [0, 0.1) is 17.0 Å². The van der Waals surface area contributed by atoms with Crippen molar-refractivity contribution >= 4 is 34.1 Å². The van der Waals surface area contributed by atoms with Crippen LogP contribution in [0.4, 0.5) is 14.5 Å². The molecular formula is C19H19F2N5O4S. The Bertz CT molecular complexity index is 1100. The summed E-state index contributed by atoms with van der Waals surface area (Å²) < 4.78 is 50.3. The number of hydrogen-bond donors (Lipinski definition) is 5. The molecule has 4 rings (SSSR count). The molecule has 5 N–H and O–H groups in total. The molecule has 164 valence electrons. The summed E-state index contributed by atoms with van der Waals surface area (Å²) in [4.78, 5) is 28.4. The number of nitrogens with zero attached hydrogens (tertiary/aromatic N) is 2. The molecule has 2 aliphatic rings. The molecule has 2 fully saturated rings. The van der Waals surface area contributed by atoms with Gasteiger partial charge in [0.05, 0.1) is 11.7 Å². The summed E-state index contributed by atoms with van der Waals surface area (Å²) in [6, 6.07) is 5.91. The molecule has 1 saturated heterocycles. The molecule has 1 amide bonds. The maximum absolute atomic E-state index is 14.9. The first-order chi connectivity index (χ1) is 14.5. The molecule has 0 spiro atoms. The lowest BCUT2D eigenvalue weighted by molar-refractivity contribution is -0.117. The van der Waals surface area contributed by atoms with Crippen molar-refractivity contribution in [2.24, 2.45) is 0 Å². The second-order valence-electron chi connectivity index (χ2n) is 7.42. The highest BCUT2D eigenvalue weighted by molar-refractivity contribution is 8.23. The van der Waals surface area contributed by atoms with Crippen LogP contribution in [-0.2, 0) is 10.3 Å². The average Bonchev–Trinajstić information content (AvgIpc) is 3.06.